The summed E-state index contributed by atoms with van der Waals surface area (Å²) in [5.74, 6) is 1.65. The maximum absolute atomic E-state index is 6.32. The van der Waals surface area contributed by atoms with Crippen LogP contribution >= 0.6 is 11.6 Å². The Balaban J connectivity index is 1.97. The Kier molecular flexibility index (Phi) is 3.74. The average molecular weight is 243 g/mol. The number of aromatic nitrogens is 2. The van der Waals surface area contributed by atoms with Crippen molar-refractivity contribution < 1.29 is 4.74 Å². The van der Waals surface area contributed by atoms with Crippen LogP contribution in [0.4, 0.5) is 0 Å². The molecule has 0 saturated heterocycles. The summed E-state index contributed by atoms with van der Waals surface area (Å²) in [6, 6.07) is 0. The van der Waals surface area contributed by atoms with Crippen LogP contribution in [0.1, 0.15) is 31.9 Å². The van der Waals surface area contributed by atoms with Gasteiger partial charge in [-0.05, 0) is 38.5 Å². The Hall–Kier alpha value is -0.700. The maximum Gasteiger partial charge on any atom is 0.159 e. The third kappa shape index (κ3) is 2.51. The molecule has 0 aliphatic heterocycles. The molecule has 1 aromatic heterocycles. The van der Waals surface area contributed by atoms with Crippen molar-refractivity contribution in [2.24, 2.45) is 5.92 Å². The predicted octanol–water partition coefficient (Wildman–Crippen LogP) is 2.86. The van der Waals surface area contributed by atoms with Crippen molar-refractivity contribution >= 4 is 11.6 Å². The first kappa shape index (κ1) is 11.8. The predicted molar refractivity (Wildman–Crippen MR) is 65.1 cm³/mol. The second-order valence-electron chi connectivity index (χ2n) is 4.37. The second-order valence-corrected chi connectivity index (χ2v) is 4.93. The fraction of sp³-hybridized carbons (Fsp3) is 0.750. The lowest BCUT2D eigenvalue weighted by atomic mass is 10.1. The van der Waals surface area contributed by atoms with Gasteiger partial charge in [-0.3, -0.25) is 4.68 Å². The normalized spacial score (nSPS) is 17.4. The fourth-order valence-electron chi connectivity index (χ4n) is 2.06. The summed E-state index contributed by atoms with van der Waals surface area (Å²) >= 11 is 6.32. The zero-order chi connectivity index (χ0) is 11.5. The van der Waals surface area contributed by atoms with Gasteiger partial charge in [-0.15, -0.1) is 11.6 Å². The topological polar surface area (TPSA) is 27.1 Å². The summed E-state index contributed by atoms with van der Waals surface area (Å²) in [5, 5.41) is 4.62. The molecule has 0 aromatic carbocycles. The number of halogens is 1. The van der Waals surface area contributed by atoms with E-state index in [0.29, 0.717) is 5.38 Å². The summed E-state index contributed by atoms with van der Waals surface area (Å²) in [6.45, 7) is 2.98. The lowest BCUT2D eigenvalue weighted by Gasteiger charge is -2.10. The molecule has 1 aromatic rings. The molecule has 1 unspecified atom stereocenters. The van der Waals surface area contributed by atoms with E-state index in [1.54, 1.807) is 13.3 Å². The van der Waals surface area contributed by atoms with Gasteiger partial charge < -0.3 is 4.74 Å². The largest absolute Gasteiger partial charge is 0.493 e. The lowest BCUT2D eigenvalue weighted by molar-refractivity contribution is 0.406. The molecule has 90 valence electrons. The highest BCUT2D eigenvalue weighted by Crippen LogP contribution is 2.38. The van der Waals surface area contributed by atoms with E-state index >= 15 is 0 Å². The molecule has 1 aliphatic carbocycles. The molecule has 2 rings (SSSR count). The highest BCUT2D eigenvalue weighted by molar-refractivity contribution is 6.20. The molecule has 0 spiro atoms. The summed E-state index contributed by atoms with van der Waals surface area (Å²) < 4.78 is 7.31. The lowest BCUT2D eigenvalue weighted by Crippen LogP contribution is -2.08. The standard InChI is InChI=1S/C12H19ClN2O/c1-3-15-11(12(16-2)8-14-15)7-6-10(13)9-4-5-9/h8-10H,3-7H2,1-2H3. The van der Waals surface area contributed by atoms with Crippen molar-refractivity contribution in [1.29, 1.82) is 0 Å². The van der Waals surface area contributed by atoms with Crippen LogP contribution in [0.2, 0.25) is 0 Å². The first-order chi connectivity index (χ1) is 7.76. The van der Waals surface area contributed by atoms with Gasteiger partial charge in [0.05, 0.1) is 19.0 Å². The average Bonchev–Trinajstić information content (AvgIpc) is 3.07. The molecule has 1 aliphatic rings. The third-order valence-corrected chi connectivity index (χ3v) is 3.79. The van der Waals surface area contributed by atoms with Crippen LogP contribution < -0.4 is 4.74 Å². The monoisotopic (exact) mass is 242 g/mol. The maximum atomic E-state index is 6.32. The summed E-state index contributed by atoms with van der Waals surface area (Å²) in [6.07, 6.45) is 6.38. The van der Waals surface area contributed by atoms with Crippen molar-refractivity contribution in [3.63, 3.8) is 0 Å². The van der Waals surface area contributed by atoms with E-state index in [-0.39, 0.29) is 0 Å². The van der Waals surface area contributed by atoms with Gasteiger partial charge >= 0.3 is 0 Å². The zero-order valence-corrected chi connectivity index (χ0v) is 10.7. The van der Waals surface area contributed by atoms with Gasteiger partial charge in [0.15, 0.2) is 5.75 Å². The molecular formula is C12H19ClN2O. The van der Waals surface area contributed by atoms with Crippen LogP contribution in [0, 0.1) is 5.92 Å². The quantitative estimate of drug-likeness (QED) is 0.718. The Labute approximate surface area is 102 Å². The van der Waals surface area contributed by atoms with Crippen molar-refractivity contribution in [3.05, 3.63) is 11.9 Å². The minimum atomic E-state index is 0.324. The number of alkyl halides is 1. The Morgan fingerprint density at radius 1 is 1.62 bits per heavy atom. The number of ether oxygens (including phenoxy) is 1. The van der Waals surface area contributed by atoms with Gasteiger partial charge in [0.25, 0.3) is 0 Å². The molecule has 0 N–H and O–H groups in total. The van der Waals surface area contributed by atoms with Crippen molar-refractivity contribution in [3.8, 4) is 5.75 Å². The molecular weight excluding hydrogens is 224 g/mol. The Morgan fingerprint density at radius 2 is 2.38 bits per heavy atom. The minimum absolute atomic E-state index is 0.324. The zero-order valence-electron chi connectivity index (χ0n) is 9.95. The summed E-state index contributed by atoms with van der Waals surface area (Å²) in [7, 11) is 1.69. The summed E-state index contributed by atoms with van der Waals surface area (Å²) in [4.78, 5) is 0. The van der Waals surface area contributed by atoms with Gasteiger partial charge in [-0.1, -0.05) is 0 Å². The van der Waals surface area contributed by atoms with Crippen LogP contribution in [-0.4, -0.2) is 22.3 Å². The molecule has 1 saturated carbocycles. The molecule has 3 nitrogen and oxygen atoms in total. The van der Waals surface area contributed by atoms with Crippen molar-refractivity contribution in [2.45, 2.75) is 44.5 Å². The minimum Gasteiger partial charge on any atom is -0.493 e. The number of hydrogen-bond acceptors (Lipinski definition) is 2. The van der Waals surface area contributed by atoms with Crippen molar-refractivity contribution in [2.75, 3.05) is 7.11 Å². The first-order valence-corrected chi connectivity index (χ1v) is 6.42. The van der Waals surface area contributed by atoms with Gasteiger partial charge in [0.2, 0.25) is 0 Å². The highest BCUT2D eigenvalue weighted by atomic mass is 35.5. The van der Waals surface area contributed by atoms with Gasteiger partial charge in [0.1, 0.15) is 0 Å². The van der Waals surface area contributed by atoms with Gasteiger partial charge in [-0.2, -0.15) is 5.10 Å². The van der Waals surface area contributed by atoms with E-state index in [4.69, 9.17) is 16.3 Å². The number of nitrogens with zero attached hydrogens (tertiary/aromatic N) is 2. The molecule has 1 fully saturated rings. The van der Waals surface area contributed by atoms with Crippen molar-refractivity contribution in [1.82, 2.24) is 9.78 Å². The van der Waals surface area contributed by atoms with Crippen LogP contribution in [0.15, 0.2) is 6.20 Å². The molecule has 16 heavy (non-hydrogen) atoms. The number of hydrogen-bond donors (Lipinski definition) is 0. The van der Waals surface area contributed by atoms with Crippen LogP contribution in [0.25, 0.3) is 0 Å². The van der Waals surface area contributed by atoms with Gasteiger partial charge in [0, 0.05) is 11.9 Å². The van der Waals surface area contributed by atoms with Gasteiger partial charge in [-0.25, -0.2) is 0 Å². The molecule has 0 radical (unpaired) electrons. The van der Waals surface area contributed by atoms with Crippen LogP contribution in [0.5, 0.6) is 5.75 Å². The van der Waals surface area contributed by atoms with E-state index in [2.05, 4.69) is 12.0 Å². The third-order valence-electron chi connectivity index (χ3n) is 3.22. The van der Waals surface area contributed by atoms with E-state index in [0.717, 1.165) is 31.1 Å². The molecule has 1 atom stereocenters. The Morgan fingerprint density at radius 3 is 2.94 bits per heavy atom. The molecule has 1 heterocycles. The Bertz CT molecular complexity index is 325. The first-order valence-electron chi connectivity index (χ1n) is 5.99. The van der Waals surface area contributed by atoms with E-state index in [1.165, 1.54) is 18.5 Å². The second kappa shape index (κ2) is 5.09. The fourth-order valence-corrected chi connectivity index (χ4v) is 2.42. The summed E-state index contributed by atoms with van der Waals surface area (Å²) in [5.41, 5.74) is 1.18. The number of methoxy groups -OCH3 is 1. The van der Waals surface area contributed by atoms with E-state index in [9.17, 15) is 0 Å². The highest BCUT2D eigenvalue weighted by Gasteiger charge is 2.29. The molecule has 4 heteroatoms. The van der Waals surface area contributed by atoms with Crippen LogP contribution in [0.3, 0.4) is 0 Å². The number of rotatable bonds is 6. The number of aryl methyl sites for hydroxylation is 1. The van der Waals surface area contributed by atoms with E-state index in [1.807, 2.05) is 4.68 Å². The molecule has 0 bridgehead atoms. The van der Waals surface area contributed by atoms with Crippen LogP contribution in [-0.2, 0) is 13.0 Å². The smallest absolute Gasteiger partial charge is 0.159 e. The molecule has 0 amide bonds. The SMILES string of the molecule is CCn1ncc(OC)c1CCC(Cl)C1CC1. The van der Waals surface area contributed by atoms with E-state index < -0.39 is 0 Å².